The summed E-state index contributed by atoms with van der Waals surface area (Å²) in [7, 11) is 0. The van der Waals surface area contributed by atoms with E-state index in [2.05, 4.69) is 37.9 Å². The molecule has 0 saturated carbocycles. The van der Waals surface area contributed by atoms with Crippen molar-refractivity contribution in [3.05, 3.63) is 51.2 Å². The molecule has 0 saturated heterocycles. The Balaban J connectivity index is 2.64. The number of nitriles is 1. The lowest BCUT2D eigenvalue weighted by Gasteiger charge is -2.07. The standard InChI is InChI=1S/C11H6Br2N2/c12-8-3-4-10(13)11(6-8)15-5-1-2-9(15)7-14/h1-6H. The molecule has 4 heteroatoms. The molecule has 74 valence electrons. The first-order chi connectivity index (χ1) is 7.22. The van der Waals surface area contributed by atoms with E-state index < -0.39 is 0 Å². The van der Waals surface area contributed by atoms with Gasteiger partial charge in [0.15, 0.2) is 0 Å². The second-order valence-corrected chi connectivity index (χ2v) is 4.74. The van der Waals surface area contributed by atoms with Gasteiger partial charge in [-0.05, 0) is 46.3 Å². The Hall–Kier alpha value is -1.05. The van der Waals surface area contributed by atoms with E-state index in [4.69, 9.17) is 5.26 Å². The van der Waals surface area contributed by atoms with E-state index in [0.29, 0.717) is 5.69 Å². The van der Waals surface area contributed by atoms with Crippen LogP contribution >= 0.6 is 31.9 Å². The average Bonchev–Trinajstić information content (AvgIpc) is 2.69. The minimum Gasteiger partial charge on any atom is -0.307 e. The monoisotopic (exact) mass is 324 g/mol. The number of benzene rings is 1. The number of aromatic nitrogens is 1. The van der Waals surface area contributed by atoms with Crippen LogP contribution in [0.3, 0.4) is 0 Å². The average molecular weight is 326 g/mol. The first-order valence-corrected chi connectivity index (χ1v) is 5.84. The molecule has 1 aromatic heterocycles. The van der Waals surface area contributed by atoms with Crippen LogP contribution in [-0.4, -0.2) is 4.57 Å². The van der Waals surface area contributed by atoms with E-state index in [0.717, 1.165) is 14.6 Å². The molecule has 1 aromatic carbocycles. The van der Waals surface area contributed by atoms with Crippen molar-refractivity contribution in [1.82, 2.24) is 4.57 Å². The Kier molecular flexibility index (Phi) is 2.94. The molecule has 0 atom stereocenters. The Morgan fingerprint density at radius 3 is 2.73 bits per heavy atom. The molecule has 2 rings (SSSR count). The van der Waals surface area contributed by atoms with Crippen LogP contribution in [0.5, 0.6) is 0 Å². The van der Waals surface area contributed by atoms with Crippen molar-refractivity contribution in [1.29, 1.82) is 5.26 Å². The lowest BCUT2D eigenvalue weighted by molar-refractivity contribution is 1.04. The van der Waals surface area contributed by atoms with Gasteiger partial charge in [-0.25, -0.2) is 0 Å². The maximum absolute atomic E-state index is 8.93. The molecule has 0 aliphatic heterocycles. The van der Waals surface area contributed by atoms with Gasteiger partial charge in [0, 0.05) is 15.1 Å². The van der Waals surface area contributed by atoms with Crippen molar-refractivity contribution in [3.8, 4) is 11.8 Å². The van der Waals surface area contributed by atoms with Gasteiger partial charge in [0.05, 0.1) is 5.69 Å². The fourth-order valence-corrected chi connectivity index (χ4v) is 2.14. The molecule has 2 aromatic rings. The highest BCUT2D eigenvalue weighted by molar-refractivity contribution is 9.11. The molecular formula is C11H6Br2N2. The SMILES string of the molecule is N#Cc1cccn1-c1cc(Br)ccc1Br. The van der Waals surface area contributed by atoms with Crippen LogP contribution in [0.4, 0.5) is 0 Å². The first kappa shape index (κ1) is 10.5. The van der Waals surface area contributed by atoms with Crippen molar-refractivity contribution < 1.29 is 0 Å². The summed E-state index contributed by atoms with van der Waals surface area (Å²) in [6.45, 7) is 0. The van der Waals surface area contributed by atoms with Crippen LogP contribution < -0.4 is 0 Å². The van der Waals surface area contributed by atoms with Gasteiger partial charge in [-0.3, -0.25) is 0 Å². The molecular weight excluding hydrogens is 320 g/mol. The van der Waals surface area contributed by atoms with Gasteiger partial charge in [-0.1, -0.05) is 15.9 Å². The highest BCUT2D eigenvalue weighted by Gasteiger charge is 2.06. The Morgan fingerprint density at radius 2 is 2.00 bits per heavy atom. The summed E-state index contributed by atoms with van der Waals surface area (Å²) in [6, 6.07) is 11.6. The van der Waals surface area contributed by atoms with E-state index >= 15 is 0 Å². The molecule has 0 bridgehead atoms. The number of halogens is 2. The zero-order valence-corrected chi connectivity index (χ0v) is 10.8. The number of rotatable bonds is 1. The number of hydrogen-bond acceptors (Lipinski definition) is 1. The minimum absolute atomic E-state index is 0.619. The Morgan fingerprint density at radius 1 is 1.20 bits per heavy atom. The van der Waals surface area contributed by atoms with Crippen molar-refractivity contribution >= 4 is 31.9 Å². The van der Waals surface area contributed by atoms with Crippen LogP contribution in [0.2, 0.25) is 0 Å². The summed E-state index contributed by atoms with van der Waals surface area (Å²) in [6.07, 6.45) is 1.87. The predicted octanol–water partition coefficient (Wildman–Crippen LogP) is 3.87. The van der Waals surface area contributed by atoms with E-state index in [1.54, 1.807) is 6.07 Å². The normalized spacial score (nSPS) is 9.93. The second-order valence-electron chi connectivity index (χ2n) is 2.97. The third kappa shape index (κ3) is 1.99. The summed E-state index contributed by atoms with van der Waals surface area (Å²) in [4.78, 5) is 0. The minimum atomic E-state index is 0.619. The molecule has 0 aliphatic rings. The van der Waals surface area contributed by atoms with E-state index in [9.17, 15) is 0 Å². The van der Waals surface area contributed by atoms with E-state index in [-0.39, 0.29) is 0 Å². The van der Waals surface area contributed by atoms with Crippen LogP contribution in [0.25, 0.3) is 5.69 Å². The summed E-state index contributed by atoms with van der Waals surface area (Å²) in [5.74, 6) is 0. The van der Waals surface area contributed by atoms with Crippen LogP contribution in [0, 0.1) is 11.3 Å². The lowest BCUT2D eigenvalue weighted by atomic mass is 10.3. The smallest absolute Gasteiger partial charge is 0.124 e. The zero-order chi connectivity index (χ0) is 10.8. The van der Waals surface area contributed by atoms with Gasteiger partial charge >= 0.3 is 0 Å². The maximum Gasteiger partial charge on any atom is 0.124 e. The molecule has 0 fully saturated rings. The molecule has 2 nitrogen and oxygen atoms in total. The van der Waals surface area contributed by atoms with Crippen molar-refractivity contribution in [2.75, 3.05) is 0 Å². The fraction of sp³-hybridized carbons (Fsp3) is 0. The first-order valence-electron chi connectivity index (χ1n) is 4.25. The summed E-state index contributed by atoms with van der Waals surface area (Å²) >= 11 is 6.88. The molecule has 15 heavy (non-hydrogen) atoms. The fourth-order valence-electron chi connectivity index (χ4n) is 1.35. The summed E-state index contributed by atoms with van der Waals surface area (Å²) < 4.78 is 3.78. The quantitative estimate of drug-likeness (QED) is 0.782. The third-order valence-corrected chi connectivity index (χ3v) is 3.19. The molecule has 0 aliphatic carbocycles. The number of hydrogen-bond donors (Lipinski definition) is 0. The van der Waals surface area contributed by atoms with Crippen LogP contribution in [0.15, 0.2) is 45.5 Å². The van der Waals surface area contributed by atoms with Gasteiger partial charge in [0.2, 0.25) is 0 Å². The highest BCUT2D eigenvalue weighted by atomic mass is 79.9. The highest BCUT2D eigenvalue weighted by Crippen LogP contribution is 2.26. The zero-order valence-electron chi connectivity index (χ0n) is 7.61. The van der Waals surface area contributed by atoms with Crippen molar-refractivity contribution in [3.63, 3.8) is 0 Å². The Labute approximate surface area is 104 Å². The predicted molar refractivity (Wildman–Crippen MR) is 65.9 cm³/mol. The van der Waals surface area contributed by atoms with Crippen molar-refractivity contribution in [2.45, 2.75) is 0 Å². The van der Waals surface area contributed by atoms with Crippen LogP contribution in [-0.2, 0) is 0 Å². The maximum atomic E-state index is 8.93. The third-order valence-electron chi connectivity index (χ3n) is 2.03. The largest absolute Gasteiger partial charge is 0.307 e. The Bertz CT molecular complexity index is 538. The lowest BCUT2D eigenvalue weighted by Crippen LogP contribution is -1.96. The van der Waals surface area contributed by atoms with Gasteiger partial charge in [0.25, 0.3) is 0 Å². The van der Waals surface area contributed by atoms with Gasteiger partial charge in [0.1, 0.15) is 11.8 Å². The van der Waals surface area contributed by atoms with E-state index in [1.807, 2.05) is 35.0 Å². The summed E-state index contributed by atoms with van der Waals surface area (Å²) in [5, 5.41) is 8.93. The molecule has 0 radical (unpaired) electrons. The topological polar surface area (TPSA) is 28.7 Å². The van der Waals surface area contributed by atoms with Gasteiger partial charge in [-0.2, -0.15) is 5.26 Å². The second kappa shape index (κ2) is 4.21. The van der Waals surface area contributed by atoms with Crippen LogP contribution in [0.1, 0.15) is 5.69 Å². The summed E-state index contributed by atoms with van der Waals surface area (Å²) in [5.41, 5.74) is 1.57. The number of nitrogens with zero attached hydrogens (tertiary/aromatic N) is 2. The molecule has 0 spiro atoms. The van der Waals surface area contributed by atoms with Gasteiger partial charge in [-0.15, -0.1) is 0 Å². The molecule has 0 unspecified atom stereocenters. The molecule has 0 N–H and O–H groups in total. The molecule has 0 amide bonds. The van der Waals surface area contributed by atoms with Gasteiger partial charge < -0.3 is 4.57 Å². The van der Waals surface area contributed by atoms with Crippen molar-refractivity contribution in [2.24, 2.45) is 0 Å². The van der Waals surface area contributed by atoms with E-state index in [1.165, 1.54) is 0 Å². The molecule has 1 heterocycles.